The summed E-state index contributed by atoms with van der Waals surface area (Å²) in [6, 6.07) is 4.26. The second kappa shape index (κ2) is 6.30. The maximum atomic E-state index is 13.3. The molecule has 0 aliphatic carbocycles. The van der Waals surface area contributed by atoms with Crippen LogP contribution in [0, 0.1) is 5.82 Å². The Labute approximate surface area is 105 Å². The Morgan fingerprint density at radius 2 is 2.12 bits per heavy atom. The van der Waals surface area contributed by atoms with Crippen molar-refractivity contribution in [2.75, 3.05) is 19.3 Å². The second-order valence-corrected chi connectivity index (χ2v) is 5.92. The molecule has 0 fully saturated rings. The number of hydrogen-bond acceptors (Lipinski definition) is 3. The highest BCUT2D eigenvalue weighted by molar-refractivity contribution is 7.89. The van der Waals surface area contributed by atoms with Crippen LogP contribution in [-0.2, 0) is 16.6 Å². The van der Waals surface area contributed by atoms with Crippen molar-refractivity contribution in [1.82, 2.24) is 10.0 Å². The fourth-order valence-corrected chi connectivity index (χ4v) is 2.02. The molecule has 1 rings (SSSR count). The van der Waals surface area contributed by atoms with Crippen molar-refractivity contribution in [3.63, 3.8) is 0 Å². The van der Waals surface area contributed by atoms with Crippen molar-refractivity contribution in [3.8, 4) is 0 Å². The van der Waals surface area contributed by atoms with E-state index in [1.54, 1.807) is 0 Å². The number of sulfonamides is 1. The minimum atomic E-state index is -3.22. The Kier molecular flexibility index (Phi) is 5.32. The van der Waals surface area contributed by atoms with Gasteiger partial charge >= 0.3 is 0 Å². The smallest absolute Gasteiger partial charge is 0.212 e. The summed E-state index contributed by atoms with van der Waals surface area (Å²) in [6.45, 7) is 0.487. The van der Waals surface area contributed by atoms with Crippen molar-refractivity contribution < 1.29 is 12.8 Å². The molecule has 0 saturated heterocycles. The van der Waals surface area contributed by atoms with E-state index in [0.717, 1.165) is 0 Å². The fourth-order valence-electron chi connectivity index (χ4n) is 1.21. The average molecular weight is 281 g/mol. The fraction of sp³-hybridized carbons (Fsp3) is 0.400. The molecular weight excluding hydrogens is 267 g/mol. The van der Waals surface area contributed by atoms with E-state index >= 15 is 0 Å². The molecule has 4 nitrogen and oxygen atoms in total. The molecule has 1 aromatic carbocycles. The summed E-state index contributed by atoms with van der Waals surface area (Å²) in [5.41, 5.74) is 0.416. The van der Waals surface area contributed by atoms with Gasteiger partial charge in [-0.3, -0.25) is 0 Å². The molecule has 7 heteroatoms. The summed E-state index contributed by atoms with van der Waals surface area (Å²) < 4.78 is 37.6. The molecule has 2 N–H and O–H groups in total. The maximum Gasteiger partial charge on any atom is 0.212 e. The van der Waals surface area contributed by atoms with E-state index in [-0.39, 0.29) is 24.7 Å². The first-order valence-corrected chi connectivity index (χ1v) is 7.03. The molecule has 17 heavy (non-hydrogen) atoms. The van der Waals surface area contributed by atoms with Gasteiger partial charge < -0.3 is 5.32 Å². The first kappa shape index (κ1) is 14.4. The van der Waals surface area contributed by atoms with Gasteiger partial charge in [0.05, 0.1) is 5.75 Å². The van der Waals surface area contributed by atoms with Crippen LogP contribution in [0.2, 0.25) is 5.02 Å². The lowest BCUT2D eigenvalue weighted by molar-refractivity contribution is 0.577. The molecule has 0 aliphatic rings. The minimum absolute atomic E-state index is 0.0499. The van der Waals surface area contributed by atoms with Gasteiger partial charge in [-0.1, -0.05) is 11.6 Å². The second-order valence-electron chi connectivity index (χ2n) is 3.44. The standard InChI is InChI=1S/C10H14ClFN2O2S/c1-13-17(15,16)5-4-14-7-8-6-9(11)2-3-10(8)12/h2-3,6,13-14H,4-5,7H2,1H3. The normalized spacial score (nSPS) is 11.7. The van der Waals surface area contributed by atoms with Crippen LogP contribution in [-0.4, -0.2) is 27.8 Å². The van der Waals surface area contributed by atoms with Gasteiger partial charge in [-0.2, -0.15) is 0 Å². The first-order chi connectivity index (χ1) is 7.94. The SMILES string of the molecule is CNS(=O)(=O)CCNCc1cc(Cl)ccc1F. The Balaban J connectivity index is 2.44. The van der Waals surface area contributed by atoms with Crippen LogP contribution in [0.5, 0.6) is 0 Å². The van der Waals surface area contributed by atoms with E-state index in [1.165, 1.54) is 25.2 Å². The lowest BCUT2D eigenvalue weighted by Gasteiger charge is -2.06. The molecule has 0 atom stereocenters. The van der Waals surface area contributed by atoms with Crippen LogP contribution in [0.4, 0.5) is 4.39 Å². The van der Waals surface area contributed by atoms with Crippen LogP contribution in [0.1, 0.15) is 5.56 Å². The zero-order chi connectivity index (χ0) is 12.9. The number of halogens is 2. The van der Waals surface area contributed by atoms with Crippen LogP contribution in [0.25, 0.3) is 0 Å². The zero-order valence-electron chi connectivity index (χ0n) is 9.33. The lowest BCUT2D eigenvalue weighted by atomic mass is 10.2. The summed E-state index contributed by atoms with van der Waals surface area (Å²) in [7, 11) is -1.87. The van der Waals surface area contributed by atoms with Crippen LogP contribution in [0.15, 0.2) is 18.2 Å². The van der Waals surface area contributed by atoms with Gasteiger partial charge in [0.25, 0.3) is 0 Å². The number of rotatable bonds is 6. The van der Waals surface area contributed by atoms with Gasteiger partial charge in [0.15, 0.2) is 0 Å². The van der Waals surface area contributed by atoms with E-state index in [1.807, 2.05) is 0 Å². The van der Waals surface area contributed by atoms with Crippen molar-refractivity contribution in [2.45, 2.75) is 6.54 Å². The zero-order valence-corrected chi connectivity index (χ0v) is 10.9. The summed E-state index contributed by atoms with van der Waals surface area (Å²) in [4.78, 5) is 0. The molecule has 0 heterocycles. The summed E-state index contributed by atoms with van der Waals surface area (Å²) >= 11 is 5.72. The summed E-state index contributed by atoms with van der Waals surface area (Å²) in [5, 5.41) is 3.29. The molecule has 0 saturated carbocycles. The van der Waals surface area contributed by atoms with Crippen LogP contribution >= 0.6 is 11.6 Å². The molecule has 0 spiro atoms. The van der Waals surface area contributed by atoms with Crippen molar-refractivity contribution in [2.24, 2.45) is 0 Å². The summed E-state index contributed by atoms with van der Waals surface area (Å²) in [5.74, 6) is -0.413. The van der Waals surface area contributed by atoms with Gasteiger partial charge in [-0.05, 0) is 25.2 Å². The largest absolute Gasteiger partial charge is 0.312 e. The molecule has 0 amide bonds. The Hall–Kier alpha value is -0.690. The lowest BCUT2D eigenvalue weighted by Crippen LogP contribution is -2.29. The van der Waals surface area contributed by atoms with E-state index < -0.39 is 10.0 Å². The predicted octanol–water partition coefficient (Wildman–Crippen LogP) is 1.12. The molecular formula is C10H14ClFN2O2S. The number of benzene rings is 1. The van der Waals surface area contributed by atoms with Crippen LogP contribution < -0.4 is 10.0 Å². The van der Waals surface area contributed by atoms with Crippen molar-refractivity contribution >= 4 is 21.6 Å². The van der Waals surface area contributed by atoms with Gasteiger partial charge in [-0.25, -0.2) is 17.5 Å². The monoisotopic (exact) mass is 280 g/mol. The van der Waals surface area contributed by atoms with E-state index in [2.05, 4.69) is 10.0 Å². The first-order valence-electron chi connectivity index (χ1n) is 5.00. The topological polar surface area (TPSA) is 58.2 Å². The molecule has 0 bridgehead atoms. The highest BCUT2D eigenvalue weighted by atomic mass is 35.5. The maximum absolute atomic E-state index is 13.3. The van der Waals surface area contributed by atoms with Crippen molar-refractivity contribution in [1.29, 1.82) is 0 Å². The van der Waals surface area contributed by atoms with Gasteiger partial charge in [0.1, 0.15) is 5.82 Å². The van der Waals surface area contributed by atoms with E-state index in [0.29, 0.717) is 10.6 Å². The van der Waals surface area contributed by atoms with E-state index in [4.69, 9.17) is 11.6 Å². The van der Waals surface area contributed by atoms with E-state index in [9.17, 15) is 12.8 Å². The number of hydrogen-bond donors (Lipinski definition) is 2. The molecule has 0 unspecified atom stereocenters. The van der Waals surface area contributed by atoms with Gasteiger partial charge in [-0.15, -0.1) is 0 Å². The molecule has 0 radical (unpaired) electrons. The average Bonchev–Trinajstić information content (AvgIpc) is 2.29. The molecule has 96 valence electrons. The third-order valence-electron chi connectivity index (χ3n) is 2.18. The highest BCUT2D eigenvalue weighted by Crippen LogP contribution is 2.14. The summed E-state index contributed by atoms with van der Waals surface area (Å²) in [6.07, 6.45) is 0. The Bertz CT molecular complexity index is 479. The minimum Gasteiger partial charge on any atom is -0.312 e. The van der Waals surface area contributed by atoms with Gasteiger partial charge in [0.2, 0.25) is 10.0 Å². The van der Waals surface area contributed by atoms with Crippen molar-refractivity contribution in [3.05, 3.63) is 34.6 Å². The van der Waals surface area contributed by atoms with Crippen LogP contribution in [0.3, 0.4) is 0 Å². The Morgan fingerprint density at radius 1 is 1.41 bits per heavy atom. The Morgan fingerprint density at radius 3 is 2.76 bits per heavy atom. The highest BCUT2D eigenvalue weighted by Gasteiger charge is 2.06. The van der Waals surface area contributed by atoms with Gasteiger partial charge in [0, 0.05) is 23.7 Å². The molecule has 0 aromatic heterocycles. The molecule has 0 aliphatic heterocycles. The number of nitrogens with one attached hydrogen (secondary N) is 2. The third-order valence-corrected chi connectivity index (χ3v) is 3.78. The predicted molar refractivity (Wildman–Crippen MR) is 66.0 cm³/mol. The molecule has 1 aromatic rings. The third kappa shape index (κ3) is 4.99. The quantitative estimate of drug-likeness (QED) is 0.768.